The molecule has 0 spiro atoms. The molecule has 1 heterocycles. The van der Waals surface area contributed by atoms with Crippen LogP contribution in [0.25, 0.3) is 11.1 Å². The van der Waals surface area contributed by atoms with Gasteiger partial charge in [-0.05, 0) is 41.5 Å². The number of carbonyl (C=O) groups is 1. The maximum atomic E-state index is 12.8. The fourth-order valence-electron chi connectivity index (χ4n) is 3.04. The summed E-state index contributed by atoms with van der Waals surface area (Å²) in [7, 11) is 0. The van der Waals surface area contributed by atoms with Gasteiger partial charge in [-0.3, -0.25) is 9.78 Å². The van der Waals surface area contributed by atoms with Gasteiger partial charge in [-0.1, -0.05) is 18.2 Å². The molecule has 0 radical (unpaired) electrons. The van der Waals surface area contributed by atoms with Crippen LogP contribution >= 0.6 is 0 Å². The fourth-order valence-corrected chi connectivity index (χ4v) is 3.04. The van der Waals surface area contributed by atoms with Gasteiger partial charge in [0.1, 0.15) is 0 Å². The van der Waals surface area contributed by atoms with E-state index in [4.69, 9.17) is 5.11 Å². The Morgan fingerprint density at radius 1 is 1.27 bits per heavy atom. The van der Waals surface area contributed by atoms with Crippen LogP contribution in [0.1, 0.15) is 41.9 Å². The molecule has 0 saturated heterocycles. The first-order valence-electron chi connectivity index (χ1n) is 7.12. The second-order valence-electron chi connectivity index (χ2n) is 5.55. The quantitative estimate of drug-likeness (QED) is 0.921. The molecule has 1 N–H and O–H groups in total. The van der Waals surface area contributed by atoms with Gasteiger partial charge in [0.25, 0.3) is 6.43 Å². The van der Waals surface area contributed by atoms with Gasteiger partial charge in [0.2, 0.25) is 0 Å². The van der Waals surface area contributed by atoms with Gasteiger partial charge in [0.05, 0.1) is 6.42 Å². The minimum atomic E-state index is -2.54. The number of rotatable bonds is 4. The summed E-state index contributed by atoms with van der Waals surface area (Å²) in [6.45, 7) is 0. The molecule has 0 amide bonds. The van der Waals surface area contributed by atoms with E-state index in [-0.39, 0.29) is 17.9 Å². The van der Waals surface area contributed by atoms with E-state index in [1.807, 2.05) is 18.2 Å². The molecule has 1 aliphatic carbocycles. The van der Waals surface area contributed by atoms with Crippen molar-refractivity contribution in [3.8, 4) is 11.1 Å². The lowest BCUT2D eigenvalue weighted by Gasteiger charge is -2.10. The molecule has 114 valence electrons. The zero-order chi connectivity index (χ0) is 15.7. The number of carboxylic acids is 1. The third-order valence-corrected chi connectivity index (χ3v) is 4.11. The third kappa shape index (κ3) is 2.84. The molecular weight excluding hydrogens is 288 g/mol. The van der Waals surface area contributed by atoms with E-state index in [9.17, 15) is 13.6 Å². The lowest BCUT2D eigenvalue weighted by Crippen LogP contribution is -2.02. The highest BCUT2D eigenvalue weighted by atomic mass is 19.3. The highest BCUT2D eigenvalue weighted by Gasteiger charge is 2.24. The monoisotopic (exact) mass is 303 g/mol. The number of nitrogens with zero attached hydrogens (tertiary/aromatic N) is 1. The van der Waals surface area contributed by atoms with Gasteiger partial charge in [-0.15, -0.1) is 0 Å². The summed E-state index contributed by atoms with van der Waals surface area (Å²) in [5.74, 6) is -0.747. The topological polar surface area (TPSA) is 50.2 Å². The van der Waals surface area contributed by atoms with E-state index in [0.717, 1.165) is 29.5 Å². The summed E-state index contributed by atoms with van der Waals surface area (Å²) in [5.41, 5.74) is 3.56. The number of carboxylic acid groups (broad SMARTS) is 1. The van der Waals surface area contributed by atoms with E-state index >= 15 is 0 Å². The molecule has 0 saturated carbocycles. The van der Waals surface area contributed by atoms with Gasteiger partial charge in [0.15, 0.2) is 0 Å². The van der Waals surface area contributed by atoms with Crippen LogP contribution in [-0.2, 0) is 11.2 Å². The average molecular weight is 303 g/mol. The zero-order valence-corrected chi connectivity index (χ0v) is 11.8. The van der Waals surface area contributed by atoms with E-state index < -0.39 is 12.4 Å². The summed E-state index contributed by atoms with van der Waals surface area (Å²) < 4.78 is 25.5. The van der Waals surface area contributed by atoms with Gasteiger partial charge < -0.3 is 5.11 Å². The molecule has 22 heavy (non-hydrogen) atoms. The highest BCUT2D eigenvalue weighted by molar-refractivity contribution is 5.69. The van der Waals surface area contributed by atoms with Gasteiger partial charge in [-0.25, -0.2) is 8.78 Å². The fraction of sp³-hybridized carbons (Fsp3) is 0.294. The van der Waals surface area contributed by atoms with Crippen LogP contribution in [0, 0.1) is 0 Å². The average Bonchev–Trinajstić information content (AvgIpc) is 2.89. The van der Waals surface area contributed by atoms with Crippen LogP contribution in [0.3, 0.4) is 0 Å². The summed E-state index contributed by atoms with van der Waals surface area (Å²) in [5, 5.41) is 8.94. The summed E-state index contributed by atoms with van der Waals surface area (Å²) in [4.78, 5) is 14.7. The van der Waals surface area contributed by atoms with Crippen LogP contribution in [0.4, 0.5) is 8.78 Å². The predicted molar refractivity (Wildman–Crippen MR) is 77.9 cm³/mol. The van der Waals surface area contributed by atoms with Crippen molar-refractivity contribution in [1.29, 1.82) is 0 Å². The number of pyridine rings is 1. The van der Waals surface area contributed by atoms with Crippen LogP contribution in [0.15, 0.2) is 36.7 Å². The largest absolute Gasteiger partial charge is 0.481 e. The third-order valence-electron chi connectivity index (χ3n) is 4.11. The second kappa shape index (κ2) is 5.83. The number of hydrogen-bond donors (Lipinski definition) is 1. The lowest BCUT2D eigenvalue weighted by atomic mass is 9.95. The summed E-state index contributed by atoms with van der Waals surface area (Å²) in [6, 6.07) is 7.18. The van der Waals surface area contributed by atoms with Crippen molar-refractivity contribution in [2.24, 2.45) is 0 Å². The molecule has 1 aliphatic rings. The number of halogens is 2. The Labute approximate surface area is 126 Å². The van der Waals surface area contributed by atoms with E-state index in [0.29, 0.717) is 5.56 Å². The molecule has 3 nitrogen and oxygen atoms in total. The zero-order valence-electron chi connectivity index (χ0n) is 11.8. The van der Waals surface area contributed by atoms with Crippen LogP contribution < -0.4 is 0 Å². The first-order valence-corrected chi connectivity index (χ1v) is 7.12. The molecule has 1 atom stereocenters. The van der Waals surface area contributed by atoms with Gasteiger partial charge in [0, 0.05) is 23.5 Å². The first kappa shape index (κ1) is 14.6. The maximum absolute atomic E-state index is 12.8. The standard InChI is InChI=1S/C17H15F2NO2/c18-17(19)14-6-13(8-20-9-14)10-3-4-15-11(5-10)1-2-12(15)7-16(21)22/h3-6,8-9,12,17H,1-2,7H2,(H,21,22). The number of aromatic nitrogens is 1. The van der Waals surface area contributed by atoms with E-state index in [1.165, 1.54) is 12.3 Å². The van der Waals surface area contributed by atoms with Crippen molar-refractivity contribution in [2.45, 2.75) is 31.6 Å². The van der Waals surface area contributed by atoms with Gasteiger partial charge in [-0.2, -0.15) is 0 Å². The number of alkyl halides is 2. The van der Waals surface area contributed by atoms with E-state index in [2.05, 4.69) is 4.98 Å². The number of aryl methyl sites for hydroxylation is 1. The van der Waals surface area contributed by atoms with Crippen molar-refractivity contribution in [3.63, 3.8) is 0 Å². The Morgan fingerprint density at radius 3 is 2.82 bits per heavy atom. The van der Waals surface area contributed by atoms with Crippen molar-refractivity contribution < 1.29 is 18.7 Å². The van der Waals surface area contributed by atoms with Crippen molar-refractivity contribution >= 4 is 5.97 Å². The molecule has 0 bridgehead atoms. The Hall–Kier alpha value is -2.30. The minimum absolute atomic E-state index is 0.0482. The molecule has 2 aromatic rings. The van der Waals surface area contributed by atoms with Crippen LogP contribution in [0.2, 0.25) is 0 Å². The molecule has 1 aromatic heterocycles. The van der Waals surface area contributed by atoms with Gasteiger partial charge >= 0.3 is 5.97 Å². The number of benzene rings is 1. The minimum Gasteiger partial charge on any atom is -0.481 e. The Kier molecular flexibility index (Phi) is 3.88. The predicted octanol–water partition coefficient (Wildman–Crippen LogP) is 4.19. The van der Waals surface area contributed by atoms with Crippen molar-refractivity contribution in [3.05, 3.63) is 53.3 Å². The van der Waals surface area contributed by atoms with Crippen LogP contribution in [0.5, 0.6) is 0 Å². The number of hydrogen-bond acceptors (Lipinski definition) is 2. The highest BCUT2D eigenvalue weighted by Crippen LogP contribution is 2.37. The molecular formula is C17H15F2NO2. The molecule has 0 fully saturated rings. The van der Waals surface area contributed by atoms with Crippen LogP contribution in [-0.4, -0.2) is 16.1 Å². The maximum Gasteiger partial charge on any atom is 0.303 e. The van der Waals surface area contributed by atoms with Crippen molar-refractivity contribution in [2.75, 3.05) is 0 Å². The second-order valence-corrected chi connectivity index (χ2v) is 5.55. The molecule has 1 unspecified atom stereocenters. The Morgan fingerprint density at radius 2 is 2.09 bits per heavy atom. The molecule has 3 rings (SSSR count). The lowest BCUT2D eigenvalue weighted by molar-refractivity contribution is -0.137. The normalized spacial score (nSPS) is 16.8. The number of aliphatic carboxylic acids is 1. The summed E-state index contributed by atoms with van der Waals surface area (Å²) >= 11 is 0. The smallest absolute Gasteiger partial charge is 0.303 e. The molecule has 1 aromatic carbocycles. The van der Waals surface area contributed by atoms with E-state index in [1.54, 1.807) is 6.20 Å². The Bertz CT molecular complexity index is 716. The Balaban J connectivity index is 1.92. The van der Waals surface area contributed by atoms with Crippen molar-refractivity contribution in [1.82, 2.24) is 4.98 Å². The summed E-state index contributed by atoms with van der Waals surface area (Å²) in [6.07, 6.45) is 1.97. The molecule has 0 aliphatic heterocycles. The SMILES string of the molecule is O=C(O)CC1CCc2cc(-c3cncc(C(F)F)c3)ccc21. The number of fused-ring (bicyclic) bond motifs is 1. The molecule has 5 heteroatoms. The first-order chi connectivity index (χ1) is 10.5.